The summed E-state index contributed by atoms with van der Waals surface area (Å²) in [4.78, 5) is 0. The molecule has 3 nitrogen and oxygen atoms in total. The zero-order valence-corrected chi connectivity index (χ0v) is 12.7. The van der Waals surface area contributed by atoms with Crippen molar-refractivity contribution in [2.75, 3.05) is 0 Å². The minimum absolute atomic E-state index is 0.586. The average Bonchev–Trinajstić information content (AvgIpc) is 3.10. The summed E-state index contributed by atoms with van der Waals surface area (Å²) in [6.07, 6.45) is 1.68. The highest BCUT2D eigenvalue weighted by molar-refractivity contribution is 6.36. The molecule has 0 atom stereocenters. The molecular formula is C16H14Cl2NO2+. The predicted octanol–water partition coefficient (Wildman–Crippen LogP) is 4.11. The molecule has 5 heteroatoms. The van der Waals surface area contributed by atoms with Gasteiger partial charge >= 0.3 is 0 Å². The van der Waals surface area contributed by atoms with Crippen LogP contribution < -0.4 is 5.32 Å². The second-order valence-electron chi connectivity index (χ2n) is 4.67. The maximum Gasteiger partial charge on any atom is 0.158 e. The van der Waals surface area contributed by atoms with Gasteiger partial charge in [0, 0.05) is 10.6 Å². The molecule has 21 heavy (non-hydrogen) atoms. The fourth-order valence-electron chi connectivity index (χ4n) is 2.11. The Morgan fingerprint density at radius 3 is 2.57 bits per heavy atom. The van der Waals surface area contributed by atoms with Crippen molar-refractivity contribution in [1.29, 1.82) is 0 Å². The van der Waals surface area contributed by atoms with Crippen molar-refractivity contribution in [1.82, 2.24) is 0 Å². The molecule has 0 aliphatic carbocycles. The molecule has 0 unspecified atom stereocenters. The lowest BCUT2D eigenvalue weighted by atomic mass is 10.2. The highest BCUT2D eigenvalue weighted by Crippen LogP contribution is 2.31. The smallest absolute Gasteiger partial charge is 0.158 e. The van der Waals surface area contributed by atoms with Crippen molar-refractivity contribution in [3.63, 3.8) is 0 Å². The summed E-state index contributed by atoms with van der Waals surface area (Å²) in [5.74, 6) is 2.59. The molecule has 0 saturated carbocycles. The van der Waals surface area contributed by atoms with Gasteiger partial charge in [-0.15, -0.1) is 0 Å². The molecule has 0 spiro atoms. The van der Waals surface area contributed by atoms with Gasteiger partial charge in [-0.25, -0.2) is 0 Å². The first-order chi connectivity index (χ1) is 10.2. The lowest BCUT2D eigenvalue weighted by Gasteiger charge is -2.01. The van der Waals surface area contributed by atoms with E-state index in [1.807, 2.05) is 30.3 Å². The van der Waals surface area contributed by atoms with E-state index in [-0.39, 0.29) is 0 Å². The highest BCUT2D eigenvalue weighted by atomic mass is 35.5. The lowest BCUT2D eigenvalue weighted by molar-refractivity contribution is -0.689. The van der Waals surface area contributed by atoms with E-state index in [0.29, 0.717) is 10.0 Å². The summed E-state index contributed by atoms with van der Waals surface area (Å²) in [5, 5.41) is 3.32. The number of quaternary nitrogens is 1. The Balaban J connectivity index is 1.65. The van der Waals surface area contributed by atoms with Gasteiger partial charge in [-0.1, -0.05) is 23.2 Å². The largest absolute Gasteiger partial charge is 0.463 e. The Morgan fingerprint density at radius 2 is 1.81 bits per heavy atom. The van der Waals surface area contributed by atoms with E-state index in [1.54, 1.807) is 18.4 Å². The van der Waals surface area contributed by atoms with Crippen molar-refractivity contribution in [2.24, 2.45) is 0 Å². The van der Waals surface area contributed by atoms with Crippen LogP contribution in [-0.2, 0) is 13.1 Å². The molecular weight excluding hydrogens is 309 g/mol. The van der Waals surface area contributed by atoms with E-state index in [2.05, 4.69) is 5.32 Å². The van der Waals surface area contributed by atoms with Crippen LogP contribution in [0.3, 0.4) is 0 Å². The average molecular weight is 323 g/mol. The third-order valence-corrected chi connectivity index (χ3v) is 3.68. The topological polar surface area (TPSA) is 42.9 Å². The second-order valence-corrected chi connectivity index (χ2v) is 5.51. The Hall–Kier alpha value is -1.68. The van der Waals surface area contributed by atoms with Crippen LogP contribution in [0.4, 0.5) is 0 Å². The predicted molar refractivity (Wildman–Crippen MR) is 82.2 cm³/mol. The maximum absolute atomic E-state index is 6.18. The van der Waals surface area contributed by atoms with Gasteiger partial charge < -0.3 is 14.2 Å². The minimum atomic E-state index is 0.586. The van der Waals surface area contributed by atoms with Gasteiger partial charge in [0.05, 0.1) is 11.3 Å². The van der Waals surface area contributed by atoms with E-state index in [9.17, 15) is 0 Å². The van der Waals surface area contributed by atoms with Gasteiger partial charge in [0.15, 0.2) is 11.5 Å². The molecule has 0 fully saturated rings. The van der Waals surface area contributed by atoms with Gasteiger partial charge in [0.25, 0.3) is 0 Å². The van der Waals surface area contributed by atoms with E-state index in [4.69, 9.17) is 32.0 Å². The normalized spacial score (nSPS) is 11.0. The third-order valence-electron chi connectivity index (χ3n) is 3.13. The summed E-state index contributed by atoms with van der Waals surface area (Å²) in [6, 6.07) is 13.1. The molecule has 0 aliphatic heterocycles. The first-order valence-electron chi connectivity index (χ1n) is 6.60. The van der Waals surface area contributed by atoms with E-state index < -0.39 is 0 Å². The number of hydrogen-bond donors (Lipinski definition) is 1. The van der Waals surface area contributed by atoms with Crippen LogP contribution in [0.25, 0.3) is 11.3 Å². The molecule has 0 aliphatic rings. The highest BCUT2D eigenvalue weighted by Gasteiger charge is 2.10. The standard InChI is InChI=1S/C16H13Cl2NO2/c17-11-3-5-14(15(18)8-11)16-6-4-13(21-16)10-19-9-12-2-1-7-20-12/h1-8,19H,9-10H2/p+1. The van der Waals surface area contributed by atoms with Crippen molar-refractivity contribution < 1.29 is 14.2 Å². The quantitative estimate of drug-likeness (QED) is 0.768. The van der Waals surface area contributed by atoms with Crippen molar-refractivity contribution in [3.8, 4) is 11.3 Å². The minimum Gasteiger partial charge on any atom is -0.463 e. The van der Waals surface area contributed by atoms with Gasteiger partial charge in [-0.3, -0.25) is 0 Å². The van der Waals surface area contributed by atoms with E-state index in [0.717, 1.165) is 35.9 Å². The van der Waals surface area contributed by atoms with E-state index in [1.165, 1.54) is 0 Å². The van der Waals surface area contributed by atoms with Crippen molar-refractivity contribution in [2.45, 2.75) is 13.1 Å². The van der Waals surface area contributed by atoms with Crippen LogP contribution >= 0.6 is 23.2 Å². The number of nitrogens with two attached hydrogens (primary N) is 1. The molecule has 3 aromatic rings. The van der Waals surface area contributed by atoms with Gasteiger partial charge in [0.1, 0.15) is 18.8 Å². The van der Waals surface area contributed by atoms with Gasteiger partial charge in [-0.2, -0.15) is 0 Å². The molecule has 0 amide bonds. The first-order valence-corrected chi connectivity index (χ1v) is 7.36. The number of halogens is 2. The van der Waals surface area contributed by atoms with Crippen LogP contribution in [0.2, 0.25) is 10.0 Å². The first kappa shape index (κ1) is 14.3. The van der Waals surface area contributed by atoms with Crippen molar-refractivity contribution >= 4 is 23.2 Å². The monoisotopic (exact) mass is 322 g/mol. The molecule has 2 heterocycles. The summed E-state index contributed by atoms with van der Waals surface area (Å²) in [7, 11) is 0. The Bertz CT molecular complexity index is 720. The van der Waals surface area contributed by atoms with Crippen molar-refractivity contribution in [3.05, 3.63) is 70.3 Å². The lowest BCUT2D eigenvalue weighted by Crippen LogP contribution is -2.80. The molecule has 0 saturated heterocycles. The van der Waals surface area contributed by atoms with Crippen LogP contribution in [-0.4, -0.2) is 0 Å². The van der Waals surface area contributed by atoms with Crippen LogP contribution in [0.1, 0.15) is 11.5 Å². The molecule has 0 bridgehead atoms. The van der Waals surface area contributed by atoms with E-state index >= 15 is 0 Å². The SMILES string of the molecule is Clc1ccc(-c2ccc(C[NH2+]Cc3ccco3)o2)c(Cl)c1. The second kappa shape index (κ2) is 6.39. The van der Waals surface area contributed by atoms with Crippen LogP contribution in [0, 0.1) is 0 Å². The molecule has 1 aromatic carbocycles. The van der Waals surface area contributed by atoms with Gasteiger partial charge in [-0.05, 0) is 42.5 Å². The Labute approximate surface area is 132 Å². The molecule has 108 valence electrons. The number of benzene rings is 1. The van der Waals surface area contributed by atoms with Crippen LogP contribution in [0.15, 0.2) is 57.6 Å². The molecule has 2 aromatic heterocycles. The molecule has 2 N–H and O–H groups in total. The summed E-state index contributed by atoms with van der Waals surface area (Å²) < 4.78 is 11.1. The maximum atomic E-state index is 6.18. The van der Waals surface area contributed by atoms with Crippen LogP contribution in [0.5, 0.6) is 0 Å². The fourth-order valence-corrected chi connectivity index (χ4v) is 2.61. The molecule has 3 rings (SSSR count). The Morgan fingerprint density at radius 1 is 0.952 bits per heavy atom. The Kier molecular flexibility index (Phi) is 4.34. The fraction of sp³-hybridized carbons (Fsp3) is 0.125. The number of hydrogen-bond acceptors (Lipinski definition) is 2. The third kappa shape index (κ3) is 3.50. The number of furan rings is 2. The zero-order valence-electron chi connectivity index (χ0n) is 11.2. The van der Waals surface area contributed by atoms with Gasteiger partial charge in [0.2, 0.25) is 0 Å². The summed E-state index contributed by atoms with van der Waals surface area (Å²) >= 11 is 12.1. The summed E-state index contributed by atoms with van der Waals surface area (Å²) in [5.41, 5.74) is 0.846. The summed E-state index contributed by atoms with van der Waals surface area (Å²) in [6.45, 7) is 1.52. The molecule has 0 radical (unpaired) electrons. The zero-order chi connectivity index (χ0) is 14.7. The number of rotatable bonds is 5.